The number of halogens is 3. The van der Waals surface area contributed by atoms with Crippen molar-refractivity contribution in [2.45, 2.75) is 19.9 Å². The Bertz CT molecular complexity index is 804. The molecule has 1 unspecified atom stereocenters. The number of carboxylic acid groups (broad SMARTS) is 1. The van der Waals surface area contributed by atoms with E-state index in [9.17, 15) is 9.90 Å². The Kier molecular flexibility index (Phi) is 5.99. The van der Waals surface area contributed by atoms with Gasteiger partial charge in [0.15, 0.2) is 0 Å². The Balaban J connectivity index is 2.50. The van der Waals surface area contributed by atoms with E-state index in [1.54, 1.807) is 56.3 Å². The van der Waals surface area contributed by atoms with E-state index >= 15 is 0 Å². The minimum Gasteiger partial charge on any atom is -0.477 e. The summed E-state index contributed by atoms with van der Waals surface area (Å²) in [5.74, 6) is -1.27. The molecule has 4 nitrogen and oxygen atoms in total. The van der Waals surface area contributed by atoms with Crippen molar-refractivity contribution in [3.05, 3.63) is 63.1 Å². The van der Waals surface area contributed by atoms with Gasteiger partial charge in [-0.1, -0.05) is 60.8 Å². The summed E-state index contributed by atoms with van der Waals surface area (Å²) in [5.41, 5.74) is -0.0588. The smallest absolute Gasteiger partial charge is 0.350 e. The zero-order chi connectivity index (χ0) is 18.8. The van der Waals surface area contributed by atoms with E-state index in [0.717, 1.165) is 5.56 Å². The van der Waals surface area contributed by atoms with E-state index in [1.165, 1.54) is 0 Å². The average molecular weight is 400 g/mol. The molecule has 1 atom stereocenters. The fraction of sp³-hybridized carbons (Fsp3) is 0.222. The third-order valence-electron chi connectivity index (χ3n) is 4.01. The lowest BCUT2D eigenvalue weighted by molar-refractivity contribution is -0.130. The molecule has 25 heavy (non-hydrogen) atoms. The van der Waals surface area contributed by atoms with Crippen LogP contribution in [0, 0.1) is 10.8 Å². The van der Waals surface area contributed by atoms with Crippen molar-refractivity contribution in [2.75, 3.05) is 5.32 Å². The van der Waals surface area contributed by atoms with Gasteiger partial charge >= 0.3 is 5.97 Å². The predicted molar refractivity (Wildman–Crippen MR) is 103 cm³/mol. The van der Waals surface area contributed by atoms with Crippen molar-refractivity contribution in [2.24, 2.45) is 5.41 Å². The SMILES string of the molecule is CC(C)(C(=N)C(=O)O)C(Nc1ccc(Cl)cc1Cl)c1ccc(Cl)cc1. The lowest BCUT2D eigenvalue weighted by Crippen LogP contribution is -2.39. The van der Waals surface area contributed by atoms with Crippen molar-refractivity contribution in [3.63, 3.8) is 0 Å². The molecular weight excluding hydrogens is 383 g/mol. The maximum Gasteiger partial charge on any atom is 0.350 e. The number of carbonyl (C=O) groups is 1. The molecule has 0 aromatic heterocycles. The Labute approximate surface area is 161 Å². The number of benzene rings is 2. The van der Waals surface area contributed by atoms with E-state index in [4.69, 9.17) is 40.2 Å². The van der Waals surface area contributed by atoms with E-state index in [-0.39, 0.29) is 0 Å². The first-order valence-electron chi connectivity index (χ1n) is 7.42. The highest BCUT2D eigenvalue weighted by Crippen LogP contribution is 2.39. The van der Waals surface area contributed by atoms with Gasteiger partial charge in [-0.3, -0.25) is 5.41 Å². The molecule has 2 rings (SSSR count). The zero-order valence-corrected chi connectivity index (χ0v) is 15.9. The van der Waals surface area contributed by atoms with Crippen LogP contribution in [-0.2, 0) is 4.79 Å². The summed E-state index contributed by atoms with van der Waals surface area (Å²) in [5, 5.41) is 22.0. The fourth-order valence-corrected chi connectivity index (χ4v) is 3.11. The predicted octanol–water partition coefficient (Wildman–Crippen LogP) is 5.93. The van der Waals surface area contributed by atoms with Crippen LogP contribution in [0.5, 0.6) is 0 Å². The highest BCUT2D eigenvalue weighted by molar-refractivity contribution is 6.37. The zero-order valence-electron chi connectivity index (χ0n) is 13.6. The van der Waals surface area contributed by atoms with Crippen LogP contribution < -0.4 is 5.32 Å². The second-order valence-corrected chi connectivity index (χ2v) is 7.43. The van der Waals surface area contributed by atoms with Crippen LogP contribution >= 0.6 is 34.8 Å². The van der Waals surface area contributed by atoms with Crippen LogP contribution in [0.15, 0.2) is 42.5 Å². The number of rotatable bonds is 6. The number of anilines is 1. The Morgan fingerprint density at radius 2 is 1.64 bits per heavy atom. The minimum absolute atomic E-state index is 0.407. The molecule has 0 saturated heterocycles. The number of hydrogen-bond acceptors (Lipinski definition) is 3. The van der Waals surface area contributed by atoms with Gasteiger partial charge in [-0.25, -0.2) is 4.79 Å². The average Bonchev–Trinajstić information content (AvgIpc) is 2.54. The lowest BCUT2D eigenvalue weighted by atomic mass is 9.76. The van der Waals surface area contributed by atoms with Gasteiger partial charge in [0.25, 0.3) is 0 Å². The summed E-state index contributed by atoms with van der Waals surface area (Å²) >= 11 is 18.1. The summed E-state index contributed by atoms with van der Waals surface area (Å²) in [7, 11) is 0. The molecule has 0 saturated carbocycles. The summed E-state index contributed by atoms with van der Waals surface area (Å²) in [6, 6.07) is 11.5. The molecule has 2 aromatic carbocycles. The van der Waals surface area contributed by atoms with Gasteiger partial charge in [0.05, 0.1) is 16.8 Å². The highest BCUT2D eigenvalue weighted by Gasteiger charge is 2.38. The largest absolute Gasteiger partial charge is 0.477 e. The van der Waals surface area contributed by atoms with Crippen LogP contribution in [0.3, 0.4) is 0 Å². The molecule has 0 amide bonds. The lowest BCUT2D eigenvalue weighted by Gasteiger charge is -2.35. The Hall–Kier alpha value is -1.75. The Morgan fingerprint density at radius 1 is 1.08 bits per heavy atom. The molecule has 0 heterocycles. The summed E-state index contributed by atoms with van der Waals surface area (Å²) in [6.45, 7) is 3.39. The number of aliphatic carboxylic acids is 1. The molecule has 2 aromatic rings. The molecule has 7 heteroatoms. The first-order chi connectivity index (χ1) is 11.6. The molecule has 132 valence electrons. The third kappa shape index (κ3) is 4.46. The van der Waals surface area contributed by atoms with Gasteiger partial charge in [0, 0.05) is 15.5 Å². The molecule has 0 fully saturated rings. The summed E-state index contributed by atoms with van der Waals surface area (Å²) in [4.78, 5) is 11.4. The van der Waals surface area contributed by atoms with Crippen molar-refractivity contribution in [1.82, 2.24) is 0 Å². The molecule has 3 N–H and O–H groups in total. The van der Waals surface area contributed by atoms with Gasteiger partial charge in [-0.15, -0.1) is 0 Å². The van der Waals surface area contributed by atoms with Gasteiger partial charge in [-0.2, -0.15) is 0 Å². The van der Waals surface area contributed by atoms with Gasteiger partial charge in [-0.05, 0) is 35.9 Å². The summed E-state index contributed by atoms with van der Waals surface area (Å²) in [6.07, 6.45) is 0. The molecule has 0 spiro atoms. The molecule has 0 aliphatic carbocycles. The van der Waals surface area contributed by atoms with Crippen LogP contribution in [-0.4, -0.2) is 16.8 Å². The Morgan fingerprint density at radius 3 is 2.16 bits per heavy atom. The first-order valence-corrected chi connectivity index (χ1v) is 8.55. The van der Waals surface area contributed by atoms with Crippen LogP contribution in [0.4, 0.5) is 5.69 Å². The molecule has 0 bridgehead atoms. The fourth-order valence-electron chi connectivity index (χ4n) is 2.52. The topological polar surface area (TPSA) is 73.2 Å². The first kappa shape index (κ1) is 19.6. The highest BCUT2D eigenvalue weighted by atomic mass is 35.5. The number of nitrogens with one attached hydrogen (secondary N) is 2. The van der Waals surface area contributed by atoms with Crippen molar-refractivity contribution in [1.29, 1.82) is 5.41 Å². The maximum atomic E-state index is 11.4. The standard InChI is InChI=1S/C18H17Cl3N2O2/c1-18(2,15(22)17(24)25)16(10-3-5-11(19)6-4-10)23-14-8-7-12(20)9-13(14)21/h3-9,16,22-23H,1-2H3,(H,24,25). The van der Waals surface area contributed by atoms with Gasteiger partial charge in [0.1, 0.15) is 5.71 Å². The van der Waals surface area contributed by atoms with Crippen LogP contribution in [0.25, 0.3) is 0 Å². The number of carboxylic acids is 1. The van der Waals surface area contributed by atoms with Crippen molar-refractivity contribution < 1.29 is 9.90 Å². The summed E-state index contributed by atoms with van der Waals surface area (Å²) < 4.78 is 0. The van der Waals surface area contributed by atoms with Crippen LogP contribution in [0.1, 0.15) is 25.5 Å². The number of hydrogen-bond donors (Lipinski definition) is 3. The maximum absolute atomic E-state index is 11.4. The second-order valence-electron chi connectivity index (χ2n) is 6.15. The van der Waals surface area contributed by atoms with Crippen LogP contribution in [0.2, 0.25) is 15.1 Å². The van der Waals surface area contributed by atoms with Crippen molar-refractivity contribution >= 4 is 52.2 Å². The monoisotopic (exact) mass is 398 g/mol. The normalized spacial score (nSPS) is 12.5. The molecule has 0 aliphatic heterocycles. The van der Waals surface area contributed by atoms with E-state index in [1.807, 2.05) is 0 Å². The minimum atomic E-state index is -1.27. The quantitative estimate of drug-likeness (QED) is 0.527. The molecule has 0 aliphatic rings. The second kappa shape index (κ2) is 7.65. The van der Waals surface area contributed by atoms with E-state index < -0.39 is 23.1 Å². The van der Waals surface area contributed by atoms with E-state index in [0.29, 0.717) is 20.8 Å². The van der Waals surface area contributed by atoms with Crippen molar-refractivity contribution in [3.8, 4) is 0 Å². The molecular formula is C18H17Cl3N2O2. The third-order valence-corrected chi connectivity index (χ3v) is 4.81. The van der Waals surface area contributed by atoms with E-state index in [2.05, 4.69) is 5.32 Å². The molecule has 0 radical (unpaired) electrons. The van der Waals surface area contributed by atoms with Gasteiger partial charge in [0.2, 0.25) is 0 Å². The van der Waals surface area contributed by atoms with Gasteiger partial charge < -0.3 is 10.4 Å².